The summed E-state index contributed by atoms with van der Waals surface area (Å²) >= 11 is 0. The molecule has 0 radical (unpaired) electrons. The topological polar surface area (TPSA) is 112 Å². The van der Waals surface area contributed by atoms with E-state index in [1.165, 1.54) is 12.7 Å². The van der Waals surface area contributed by atoms with Gasteiger partial charge in [-0.25, -0.2) is 4.79 Å². The minimum Gasteiger partial charge on any atom is -0.464 e. The molecule has 1 aromatic carbocycles. The maximum absolute atomic E-state index is 12.9. The largest absolute Gasteiger partial charge is 0.464 e. The first-order chi connectivity index (χ1) is 16.4. The van der Waals surface area contributed by atoms with Gasteiger partial charge in [0.25, 0.3) is 5.91 Å². The molecule has 2 saturated heterocycles. The Bertz CT molecular complexity index is 1150. The van der Waals surface area contributed by atoms with Gasteiger partial charge in [0.1, 0.15) is 11.7 Å². The van der Waals surface area contributed by atoms with E-state index in [2.05, 4.69) is 21.3 Å². The van der Waals surface area contributed by atoms with Crippen molar-refractivity contribution in [2.75, 3.05) is 20.2 Å². The Morgan fingerprint density at radius 1 is 1.12 bits per heavy atom. The SMILES string of the molecule is COC(=O)c1cc(CN2CCC(c3ccc4c(c3)CN(C3CCC(=O)NC3=O)C4=O)CC2)c[nH]1. The molecule has 0 bridgehead atoms. The Labute approximate surface area is 197 Å². The summed E-state index contributed by atoms with van der Waals surface area (Å²) in [5, 5.41) is 2.35. The molecule has 2 N–H and O–H groups in total. The average Bonchev–Trinajstić information content (AvgIpc) is 3.43. The number of aromatic amines is 1. The number of benzene rings is 1. The fraction of sp³-hybridized carbons (Fsp3) is 0.440. The van der Waals surface area contributed by atoms with E-state index in [1.807, 2.05) is 24.4 Å². The number of nitrogens with one attached hydrogen (secondary N) is 2. The number of nitrogens with zero attached hydrogens (tertiary/aromatic N) is 2. The molecule has 3 aliphatic heterocycles. The molecule has 4 heterocycles. The van der Waals surface area contributed by atoms with E-state index in [1.54, 1.807) is 4.90 Å². The van der Waals surface area contributed by atoms with Gasteiger partial charge in [0.05, 0.1) is 7.11 Å². The standard InChI is InChI=1S/C25H28N4O5/c1-34-25(33)20-10-15(12-26-20)13-28-8-6-16(7-9-28)17-2-3-19-18(11-17)14-29(24(19)32)21-4-5-22(30)27-23(21)31/h2-3,10-12,16,21,26H,4-9,13-14H2,1H3,(H,27,30,31). The van der Waals surface area contributed by atoms with Crippen LogP contribution in [0.3, 0.4) is 0 Å². The maximum atomic E-state index is 12.9. The number of aromatic nitrogens is 1. The van der Waals surface area contributed by atoms with Gasteiger partial charge in [-0.05, 0) is 67.1 Å². The van der Waals surface area contributed by atoms with E-state index < -0.39 is 6.04 Å². The number of piperidine rings is 2. The van der Waals surface area contributed by atoms with Gasteiger partial charge in [0, 0.05) is 31.3 Å². The van der Waals surface area contributed by atoms with Crippen LogP contribution in [0.25, 0.3) is 0 Å². The fourth-order valence-corrected chi connectivity index (χ4v) is 5.29. The van der Waals surface area contributed by atoms with Gasteiger partial charge in [0.15, 0.2) is 0 Å². The number of amides is 3. The van der Waals surface area contributed by atoms with E-state index in [-0.39, 0.29) is 30.1 Å². The second-order valence-electron chi connectivity index (χ2n) is 9.28. The summed E-state index contributed by atoms with van der Waals surface area (Å²) in [4.78, 5) is 55.2. The van der Waals surface area contributed by atoms with Crippen molar-refractivity contribution in [1.82, 2.24) is 20.1 Å². The van der Waals surface area contributed by atoms with Crippen LogP contribution in [-0.2, 0) is 27.4 Å². The molecule has 1 atom stereocenters. The number of hydrogen-bond donors (Lipinski definition) is 2. The van der Waals surface area contributed by atoms with Crippen molar-refractivity contribution in [3.05, 3.63) is 58.4 Å². The zero-order chi connectivity index (χ0) is 23.8. The summed E-state index contributed by atoms with van der Waals surface area (Å²) in [6.07, 6.45) is 4.50. The van der Waals surface area contributed by atoms with Gasteiger partial charge >= 0.3 is 5.97 Å². The molecule has 9 nitrogen and oxygen atoms in total. The van der Waals surface area contributed by atoms with Gasteiger partial charge in [-0.1, -0.05) is 12.1 Å². The third-order valence-corrected chi connectivity index (χ3v) is 7.16. The van der Waals surface area contributed by atoms with Crippen LogP contribution in [0, 0.1) is 0 Å². The number of carbonyl (C=O) groups excluding carboxylic acids is 4. The molecule has 178 valence electrons. The van der Waals surface area contributed by atoms with Crippen molar-refractivity contribution in [2.24, 2.45) is 0 Å². The van der Waals surface area contributed by atoms with Gasteiger partial charge in [-0.3, -0.25) is 24.6 Å². The van der Waals surface area contributed by atoms with Crippen molar-refractivity contribution in [2.45, 2.75) is 50.7 Å². The summed E-state index contributed by atoms with van der Waals surface area (Å²) in [6, 6.07) is 7.30. The number of methoxy groups -OCH3 is 1. The molecular weight excluding hydrogens is 436 g/mol. The number of rotatable bonds is 5. The fourth-order valence-electron chi connectivity index (χ4n) is 5.29. The molecular formula is C25H28N4O5. The zero-order valence-corrected chi connectivity index (χ0v) is 19.1. The summed E-state index contributed by atoms with van der Waals surface area (Å²) in [5.41, 5.74) is 4.36. The number of fused-ring (bicyclic) bond motifs is 1. The van der Waals surface area contributed by atoms with Crippen LogP contribution in [0.5, 0.6) is 0 Å². The molecule has 1 aromatic heterocycles. The number of likely N-dealkylation sites (tertiary alicyclic amines) is 1. The predicted molar refractivity (Wildman–Crippen MR) is 122 cm³/mol. The second kappa shape index (κ2) is 9.06. The highest BCUT2D eigenvalue weighted by Gasteiger charge is 2.39. The molecule has 1 unspecified atom stereocenters. The zero-order valence-electron chi connectivity index (χ0n) is 19.1. The predicted octanol–water partition coefficient (Wildman–Crippen LogP) is 1.94. The Kier molecular flexibility index (Phi) is 5.95. The first-order valence-corrected chi connectivity index (χ1v) is 11.7. The van der Waals surface area contributed by atoms with E-state index in [0.29, 0.717) is 30.1 Å². The summed E-state index contributed by atoms with van der Waals surface area (Å²) in [7, 11) is 1.37. The maximum Gasteiger partial charge on any atom is 0.354 e. The number of esters is 1. The van der Waals surface area contributed by atoms with Gasteiger partial charge in [-0.2, -0.15) is 0 Å². The highest BCUT2D eigenvalue weighted by Crippen LogP contribution is 2.34. The lowest BCUT2D eigenvalue weighted by atomic mass is 9.88. The van der Waals surface area contributed by atoms with Crippen LogP contribution in [0.15, 0.2) is 30.5 Å². The third kappa shape index (κ3) is 4.23. The molecule has 0 spiro atoms. The minimum absolute atomic E-state index is 0.135. The quantitative estimate of drug-likeness (QED) is 0.517. The number of imide groups is 1. The van der Waals surface area contributed by atoms with Crippen LogP contribution in [0.4, 0.5) is 0 Å². The van der Waals surface area contributed by atoms with E-state index in [9.17, 15) is 19.2 Å². The van der Waals surface area contributed by atoms with Crippen molar-refractivity contribution < 1.29 is 23.9 Å². The van der Waals surface area contributed by atoms with Crippen molar-refractivity contribution in [3.63, 3.8) is 0 Å². The van der Waals surface area contributed by atoms with Crippen molar-refractivity contribution in [1.29, 1.82) is 0 Å². The Hall–Kier alpha value is -3.46. The number of carbonyl (C=O) groups is 4. The van der Waals surface area contributed by atoms with Crippen LogP contribution in [0.2, 0.25) is 0 Å². The Balaban J connectivity index is 1.20. The number of hydrogen-bond acceptors (Lipinski definition) is 6. The lowest BCUT2D eigenvalue weighted by molar-refractivity contribution is -0.136. The first kappa shape index (κ1) is 22.3. The van der Waals surface area contributed by atoms with Crippen LogP contribution < -0.4 is 5.32 Å². The van der Waals surface area contributed by atoms with Gasteiger partial charge < -0.3 is 14.6 Å². The van der Waals surface area contributed by atoms with Crippen molar-refractivity contribution >= 4 is 23.7 Å². The smallest absolute Gasteiger partial charge is 0.354 e. The lowest BCUT2D eigenvalue weighted by Gasteiger charge is -2.32. The highest BCUT2D eigenvalue weighted by molar-refractivity contribution is 6.05. The number of H-pyrrole nitrogens is 1. The van der Waals surface area contributed by atoms with Crippen LogP contribution in [-0.4, -0.2) is 64.7 Å². The Morgan fingerprint density at radius 2 is 1.91 bits per heavy atom. The van der Waals surface area contributed by atoms with Crippen LogP contribution >= 0.6 is 0 Å². The monoisotopic (exact) mass is 464 g/mol. The molecule has 5 rings (SSSR count). The van der Waals surface area contributed by atoms with Crippen LogP contribution in [0.1, 0.15) is 69.1 Å². The third-order valence-electron chi connectivity index (χ3n) is 7.16. The molecule has 34 heavy (non-hydrogen) atoms. The average molecular weight is 465 g/mol. The van der Waals surface area contributed by atoms with E-state index >= 15 is 0 Å². The molecule has 3 aliphatic rings. The van der Waals surface area contributed by atoms with E-state index in [0.717, 1.165) is 43.6 Å². The lowest BCUT2D eigenvalue weighted by Crippen LogP contribution is -2.52. The minimum atomic E-state index is -0.586. The number of ether oxygens (including phenoxy) is 1. The normalized spacial score (nSPS) is 21.5. The summed E-state index contributed by atoms with van der Waals surface area (Å²) in [6.45, 7) is 3.08. The summed E-state index contributed by atoms with van der Waals surface area (Å²) in [5.74, 6) is -0.747. The molecule has 3 amide bonds. The van der Waals surface area contributed by atoms with Gasteiger partial charge in [-0.15, -0.1) is 0 Å². The van der Waals surface area contributed by atoms with E-state index in [4.69, 9.17) is 4.74 Å². The molecule has 0 aliphatic carbocycles. The highest BCUT2D eigenvalue weighted by atomic mass is 16.5. The molecule has 0 saturated carbocycles. The second-order valence-corrected chi connectivity index (χ2v) is 9.28. The first-order valence-electron chi connectivity index (χ1n) is 11.7. The summed E-state index contributed by atoms with van der Waals surface area (Å²) < 4.78 is 4.75. The van der Waals surface area contributed by atoms with Crippen molar-refractivity contribution in [3.8, 4) is 0 Å². The Morgan fingerprint density at radius 3 is 2.65 bits per heavy atom. The molecule has 2 fully saturated rings. The van der Waals surface area contributed by atoms with Gasteiger partial charge in [0.2, 0.25) is 11.8 Å². The molecule has 9 heteroatoms. The molecule has 2 aromatic rings.